The van der Waals surface area contributed by atoms with Gasteiger partial charge in [0.2, 0.25) is 0 Å². The van der Waals surface area contributed by atoms with Crippen LogP contribution in [0.5, 0.6) is 11.5 Å². The molecule has 2 aromatic rings. The number of hydrogen-bond acceptors (Lipinski definition) is 5. The van der Waals surface area contributed by atoms with Gasteiger partial charge in [-0.05, 0) is 41.9 Å². The van der Waals surface area contributed by atoms with E-state index in [4.69, 9.17) is 18.9 Å². The Morgan fingerprint density at radius 2 is 1.47 bits per heavy atom. The molecule has 0 saturated carbocycles. The first kappa shape index (κ1) is 29.7. The zero-order valence-electron chi connectivity index (χ0n) is 22.4. The molecule has 0 saturated heterocycles. The molecule has 0 aliphatic heterocycles. The van der Waals surface area contributed by atoms with Crippen molar-refractivity contribution in [2.75, 3.05) is 20.8 Å². The standard InChI is InChI=1S/C27H38O5.C2H6/c1-7-20(17-27(2,3)4)21-11-13-24(14-12-21)31-16-15-25(28)32-26-22(18-29-5)9-8-10-23(26)19-30-6;1-2/h8-14,20H,7,15-19H2,1-6H3;1-2H3. The predicted molar refractivity (Wildman–Crippen MR) is 139 cm³/mol. The van der Waals surface area contributed by atoms with E-state index in [0.29, 0.717) is 30.3 Å². The van der Waals surface area contributed by atoms with Gasteiger partial charge in [0.15, 0.2) is 0 Å². The summed E-state index contributed by atoms with van der Waals surface area (Å²) < 4.78 is 21.9. The first-order valence-electron chi connectivity index (χ1n) is 12.3. The first-order chi connectivity index (χ1) is 16.3. The van der Waals surface area contributed by atoms with Gasteiger partial charge in [-0.3, -0.25) is 4.79 Å². The maximum absolute atomic E-state index is 12.4. The van der Waals surface area contributed by atoms with Gasteiger partial charge < -0.3 is 18.9 Å². The van der Waals surface area contributed by atoms with Crippen LogP contribution in [0, 0.1) is 5.41 Å². The summed E-state index contributed by atoms with van der Waals surface area (Å²) in [7, 11) is 3.22. The number of carbonyl (C=O) groups is 1. The maximum Gasteiger partial charge on any atom is 0.314 e. The normalized spacial score (nSPS) is 11.9. The van der Waals surface area contributed by atoms with E-state index in [-0.39, 0.29) is 19.0 Å². The van der Waals surface area contributed by atoms with Gasteiger partial charge in [-0.2, -0.15) is 0 Å². The number of methoxy groups -OCH3 is 2. The highest BCUT2D eigenvalue weighted by Gasteiger charge is 2.19. The second-order valence-corrected chi connectivity index (χ2v) is 9.28. The van der Waals surface area contributed by atoms with E-state index < -0.39 is 0 Å². The van der Waals surface area contributed by atoms with E-state index >= 15 is 0 Å². The van der Waals surface area contributed by atoms with Crippen molar-refractivity contribution >= 4 is 5.97 Å². The van der Waals surface area contributed by atoms with Crippen LogP contribution in [0.25, 0.3) is 0 Å². The van der Waals surface area contributed by atoms with Crippen LogP contribution >= 0.6 is 0 Å². The molecule has 34 heavy (non-hydrogen) atoms. The third kappa shape index (κ3) is 10.3. The molecule has 0 aliphatic rings. The Bertz CT molecular complexity index is 812. The minimum atomic E-state index is -0.348. The number of esters is 1. The summed E-state index contributed by atoms with van der Waals surface area (Å²) in [5, 5.41) is 0. The van der Waals surface area contributed by atoms with Crippen molar-refractivity contribution in [3.05, 3.63) is 59.2 Å². The summed E-state index contributed by atoms with van der Waals surface area (Å²) in [4.78, 5) is 12.4. The summed E-state index contributed by atoms with van der Waals surface area (Å²) >= 11 is 0. The minimum Gasteiger partial charge on any atom is -0.493 e. The van der Waals surface area contributed by atoms with Crippen LogP contribution in [-0.2, 0) is 27.5 Å². The van der Waals surface area contributed by atoms with Gasteiger partial charge in [0.25, 0.3) is 0 Å². The van der Waals surface area contributed by atoms with Crippen molar-refractivity contribution in [2.24, 2.45) is 5.41 Å². The molecule has 0 aromatic heterocycles. The molecule has 0 N–H and O–H groups in total. The number of carbonyl (C=O) groups excluding carboxylic acids is 1. The van der Waals surface area contributed by atoms with Crippen molar-refractivity contribution in [1.29, 1.82) is 0 Å². The van der Waals surface area contributed by atoms with E-state index in [0.717, 1.165) is 29.7 Å². The Morgan fingerprint density at radius 1 is 0.912 bits per heavy atom. The number of benzene rings is 2. The molecule has 0 heterocycles. The smallest absolute Gasteiger partial charge is 0.314 e. The van der Waals surface area contributed by atoms with E-state index in [1.165, 1.54) is 5.56 Å². The van der Waals surface area contributed by atoms with Crippen LogP contribution in [0.15, 0.2) is 42.5 Å². The lowest BCUT2D eigenvalue weighted by molar-refractivity contribution is -0.135. The molecule has 0 amide bonds. The molecule has 1 atom stereocenters. The molecule has 0 radical (unpaired) electrons. The van der Waals surface area contributed by atoms with Crippen molar-refractivity contribution in [3.8, 4) is 11.5 Å². The summed E-state index contributed by atoms with van der Waals surface area (Å²) in [6, 6.07) is 13.9. The molecule has 0 spiro atoms. The molecule has 0 bridgehead atoms. The highest BCUT2D eigenvalue weighted by molar-refractivity contribution is 5.73. The maximum atomic E-state index is 12.4. The summed E-state index contributed by atoms with van der Waals surface area (Å²) in [6.45, 7) is 14.0. The second-order valence-electron chi connectivity index (χ2n) is 9.28. The SMILES string of the molecule is CC.CCC(CC(C)(C)C)c1ccc(OCCC(=O)Oc2c(COC)cccc2COC)cc1. The third-order valence-corrected chi connectivity index (χ3v) is 5.27. The molecule has 2 rings (SSSR count). The molecule has 5 nitrogen and oxygen atoms in total. The van der Waals surface area contributed by atoms with Gasteiger partial charge >= 0.3 is 5.97 Å². The van der Waals surface area contributed by atoms with E-state index in [9.17, 15) is 4.79 Å². The fourth-order valence-electron chi connectivity index (χ4n) is 3.80. The first-order valence-corrected chi connectivity index (χ1v) is 12.3. The lowest BCUT2D eigenvalue weighted by Gasteiger charge is -2.25. The largest absolute Gasteiger partial charge is 0.493 e. The van der Waals surface area contributed by atoms with E-state index in [2.05, 4.69) is 39.8 Å². The second kappa shape index (κ2) is 15.5. The summed E-state index contributed by atoms with van der Waals surface area (Å²) in [5.74, 6) is 1.45. The molecule has 2 aromatic carbocycles. The average molecular weight is 473 g/mol. The molecular formula is C29H44O5. The quantitative estimate of drug-likeness (QED) is 0.239. The number of hydrogen-bond donors (Lipinski definition) is 0. The molecule has 0 aliphatic carbocycles. The van der Waals surface area contributed by atoms with Crippen LogP contribution in [-0.4, -0.2) is 26.8 Å². The van der Waals surface area contributed by atoms with Gasteiger partial charge in [0.05, 0.1) is 26.2 Å². The zero-order chi connectivity index (χ0) is 25.6. The van der Waals surface area contributed by atoms with Crippen LogP contribution < -0.4 is 9.47 Å². The Hall–Kier alpha value is -2.37. The van der Waals surface area contributed by atoms with E-state index in [1.807, 2.05) is 44.2 Å². The monoisotopic (exact) mass is 472 g/mol. The van der Waals surface area contributed by atoms with Crippen LogP contribution in [0.4, 0.5) is 0 Å². The van der Waals surface area contributed by atoms with Crippen molar-refractivity contribution in [1.82, 2.24) is 0 Å². The Balaban J connectivity index is 0.00000281. The highest BCUT2D eigenvalue weighted by Crippen LogP contribution is 2.34. The van der Waals surface area contributed by atoms with Crippen LogP contribution in [0.2, 0.25) is 0 Å². The van der Waals surface area contributed by atoms with Gasteiger partial charge in [-0.25, -0.2) is 0 Å². The Morgan fingerprint density at radius 3 is 1.94 bits per heavy atom. The summed E-state index contributed by atoms with van der Waals surface area (Å²) in [5.41, 5.74) is 3.25. The van der Waals surface area contributed by atoms with Gasteiger partial charge in [0, 0.05) is 25.3 Å². The third-order valence-electron chi connectivity index (χ3n) is 5.27. The molecule has 190 valence electrons. The fraction of sp³-hybridized carbons (Fsp3) is 0.552. The van der Waals surface area contributed by atoms with Gasteiger partial charge in [0.1, 0.15) is 11.5 Å². The Kier molecular flexibility index (Phi) is 13.5. The van der Waals surface area contributed by atoms with Crippen LogP contribution in [0.3, 0.4) is 0 Å². The molecular weight excluding hydrogens is 428 g/mol. The van der Waals surface area contributed by atoms with E-state index in [1.54, 1.807) is 14.2 Å². The number of ether oxygens (including phenoxy) is 4. The predicted octanol–water partition coefficient (Wildman–Crippen LogP) is 7.31. The van der Waals surface area contributed by atoms with Gasteiger partial charge in [-0.15, -0.1) is 0 Å². The summed E-state index contributed by atoms with van der Waals surface area (Å²) in [6.07, 6.45) is 2.40. The van der Waals surface area contributed by atoms with Crippen LogP contribution in [0.1, 0.15) is 83.4 Å². The topological polar surface area (TPSA) is 54.0 Å². The average Bonchev–Trinajstić information content (AvgIpc) is 2.81. The number of rotatable bonds is 12. The Labute approximate surface area is 206 Å². The molecule has 1 unspecified atom stereocenters. The lowest BCUT2D eigenvalue weighted by Crippen LogP contribution is -2.15. The fourth-order valence-corrected chi connectivity index (χ4v) is 3.80. The molecule has 5 heteroatoms. The minimum absolute atomic E-state index is 0.150. The van der Waals surface area contributed by atoms with Gasteiger partial charge in [-0.1, -0.05) is 71.9 Å². The van der Waals surface area contributed by atoms with Crippen molar-refractivity contribution in [3.63, 3.8) is 0 Å². The lowest BCUT2D eigenvalue weighted by atomic mass is 9.80. The molecule has 0 fully saturated rings. The number of para-hydroxylation sites is 1. The van der Waals surface area contributed by atoms with Crippen molar-refractivity contribution < 1.29 is 23.7 Å². The highest BCUT2D eigenvalue weighted by atomic mass is 16.5. The van der Waals surface area contributed by atoms with Crippen molar-refractivity contribution in [2.45, 2.75) is 79.9 Å². The zero-order valence-corrected chi connectivity index (χ0v) is 22.4.